The molecule has 0 saturated heterocycles. The van der Waals surface area contributed by atoms with Crippen LogP contribution in [0.1, 0.15) is 18.1 Å². The quantitative estimate of drug-likeness (QED) is 0.701. The number of hydrogen-bond acceptors (Lipinski definition) is 3. The van der Waals surface area contributed by atoms with Crippen LogP contribution in [-0.2, 0) is 17.6 Å². The molecule has 0 spiro atoms. The predicted octanol–water partition coefficient (Wildman–Crippen LogP) is 1.17. The van der Waals surface area contributed by atoms with Crippen LogP contribution in [0.15, 0.2) is 18.2 Å². The first-order valence-corrected chi connectivity index (χ1v) is 5.29. The van der Waals surface area contributed by atoms with Gasteiger partial charge in [-0.1, -0.05) is 19.1 Å². The highest BCUT2D eigenvalue weighted by atomic mass is 16.4. The number of likely N-dealkylation sites (N-methyl/N-ethyl adjacent to an activating group) is 1. The molecule has 0 amide bonds. The van der Waals surface area contributed by atoms with E-state index in [0.29, 0.717) is 6.42 Å². The molecule has 0 bridgehead atoms. The lowest BCUT2D eigenvalue weighted by atomic mass is 10.0. The zero-order valence-corrected chi connectivity index (χ0v) is 9.53. The third kappa shape index (κ3) is 2.97. The molecule has 3 N–H and O–H groups in total. The summed E-state index contributed by atoms with van der Waals surface area (Å²) in [5.41, 5.74) is 1.69. The maximum Gasteiger partial charge on any atom is 0.321 e. The van der Waals surface area contributed by atoms with Gasteiger partial charge < -0.3 is 15.5 Å². The number of rotatable bonds is 5. The van der Waals surface area contributed by atoms with Crippen LogP contribution < -0.4 is 5.32 Å². The molecule has 0 aliphatic rings. The largest absolute Gasteiger partial charge is 0.508 e. The van der Waals surface area contributed by atoms with Gasteiger partial charge >= 0.3 is 5.97 Å². The van der Waals surface area contributed by atoms with Gasteiger partial charge in [-0.2, -0.15) is 0 Å². The molecule has 4 heteroatoms. The summed E-state index contributed by atoms with van der Waals surface area (Å²) in [5.74, 6) is -0.651. The highest BCUT2D eigenvalue weighted by molar-refractivity contribution is 5.73. The molecule has 1 aromatic carbocycles. The molecule has 1 unspecified atom stereocenters. The second-order valence-corrected chi connectivity index (χ2v) is 3.70. The normalized spacial score (nSPS) is 12.4. The Labute approximate surface area is 94.9 Å². The Morgan fingerprint density at radius 1 is 1.50 bits per heavy atom. The second-order valence-electron chi connectivity index (χ2n) is 3.70. The number of aryl methyl sites for hydroxylation is 1. The van der Waals surface area contributed by atoms with Crippen molar-refractivity contribution >= 4 is 5.97 Å². The summed E-state index contributed by atoms with van der Waals surface area (Å²) >= 11 is 0. The van der Waals surface area contributed by atoms with Crippen molar-refractivity contribution in [2.45, 2.75) is 25.8 Å². The maximum atomic E-state index is 10.8. The van der Waals surface area contributed by atoms with Crippen LogP contribution >= 0.6 is 0 Å². The van der Waals surface area contributed by atoms with Crippen molar-refractivity contribution in [2.24, 2.45) is 0 Å². The number of hydrogen-bond donors (Lipinski definition) is 3. The molecule has 0 heterocycles. The minimum atomic E-state index is -0.887. The predicted molar refractivity (Wildman–Crippen MR) is 61.7 cm³/mol. The molecule has 0 fully saturated rings. The van der Waals surface area contributed by atoms with Crippen LogP contribution in [0.5, 0.6) is 5.75 Å². The van der Waals surface area contributed by atoms with E-state index in [1.54, 1.807) is 13.1 Å². The van der Waals surface area contributed by atoms with Crippen molar-refractivity contribution in [1.29, 1.82) is 0 Å². The molecule has 0 saturated carbocycles. The molecule has 1 atom stereocenters. The Bertz CT molecular complexity index is 377. The Kier molecular flexibility index (Phi) is 4.31. The summed E-state index contributed by atoms with van der Waals surface area (Å²) in [6.45, 7) is 1.96. The van der Waals surface area contributed by atoms with Gasteiger partial charge in [0.15, 0.2) is 0 Å². The van der Waals surface area contributed by atoms with Crippen molar-refractivity contribution < 1.29 is 15.0 Å². The van der Waals surface area contributed by atoms with Crippen LogP contribution in [0.3, 0.4) is 0 Å². The highest BCUT2D eigenvalue weighted by Crippen LogP contribution is 2.20. The van der Waals surface area contributed by atoms with Crippen molar-refractivity contribution in [1.82, 2.24) is 5.32 Å². The van der Waals surface area contributed by atoms with Crippen molar-refractivity contribution in [3.8, 4) is 5.75 Å². The number of aromatic hydroxyl groups is 1. The van der Waals surface area contributed by atoms with E-state index in [4.69, 9.17) is 5.11 Å². The summed E-state index contributed by atoms with van der Waals surface area (Å²) < 4.78 is 0. The van der Waals surface area contributed by atoms with E-state index >= 15 is 0 Å². The minimum absolute atomic E-state index is 0.236. The van der Waals surface area contributed by atoms with Crippen molar-refractivity contribution in [2.75, 3.05) is 7.05 Å². The standard InChI is InChI=1S/C12H17NO3/c1-3-9-5-4-8(7-11(9)14)6-10(13-2)12(15)16/h4-5,7,10,13-14H,3,6H2,1-2H3,(H,15,16). The maximum absolute atomic E-state index is 10.8. The van der Waals surface area contributed by atoms with Gasteiger partial charge in [-0.3, -0.25) is 4.79 Å². The van der Waals surface area contributed by atoms with E-state index in [0.717, 1.165) is 17.5 Å². The van der Waals surface area contributed by atoms with Crippen LogP contribution in [0.4, 0.5) is 0 Å². The first kappa shape index (κ1) is 12.5. The van der Waals surface area contributed by atoms with E-state index in [-0.39, 0.29) is 5.75 Å². The molecule has 1 aromatic rings. The van der Waals surface area contributed by atoms with Crippen LogP contribution in [0, 0.1) is 0 Å². The SMILES string of the molecule is CCc1ccc(CC(NC)C(=O)O)cc1O. The number of carbonyl (C=O) groups is 1. The van der Waals surface area contributed by atoms with E-state index < -0.39 is 12.0 Å². The van der Waals surface area contributed by atoms with Gasteiger partial charge in [-0.05, 0) is 37.1 Å². The number of benzene rings is 1. The summed E-state index contributed by atoms with van der Waals surface area (Å²) in [6, 6.07) is 4.70. The van der Waals surface area contributed by atoms with Gasteiger partial charge in [0.2, 0.25) is 0 Å². The molecule has 0 radical (unpaired) electrons. The molecule has 1 rings (SSSR count). The van der Waals surface area contributed by atoms with Crippen molar-refractivity contribution in [3.63, 3.8) is 0 Å². The van der Waals surface area contributed by atoms with E-state index in [2.05, 4.69) is 5.32 Å². The summed E-state index contributed by atoms with van der Waals surface area (Å²) in [5, 5.41) is 21.2. The first-order chi connectivity index (χ1) is 7.58. The van der Waals surface area contributed by atoms with Gasteiger partial charge in [0.05, 0.1) is 0 Å². The van der Waals surface area contributed by atoms with Gasteiger partial charge in [0, 0.05) is 0 Å². The fourth-order valence-corrected chi connectivity index (χ4v) is 1.58. The first-order valence-electron chi connectivity index (χ1n) is 5.29. The molecular formula is C12H17NO3. The molecule has 0 aliphatic heterocycles. The smallest absolute Gasteiger partial charge is 0.321 e. The average molecular weight is 223 g/mol. The number of carboxylic acid groups (broad SMARTS) is 1. The number of aliphatic carboxylic acids is 1. The summed E-state index contributed by atoms with van der Waals surface area (Å²) in [7, 11) is 1.61. The Balaban J connectivity index is 2.81. The van der Waals surface area contributed by atoms with Gasteiger partial charge in [0.25, 0.3) is 0 Å². The Hall–Kier alpha value is -1.55. The molecule has 88 valence electrons. The molecular weight excluding hydrogens is 206 g/mol. The monoisotopic (exact) mass is 223 g/mol. The lowest BCUT2D eigenvalue weighted by Gasteiger charge is -2.12. The number of carboxylic acids is 1. The number of phenolic OH excluding ortho intramolecular Hbond substituents is 1. The lowest BCUT2D eigenvalue weighted by molar-refractivity contribution is -0.139. The zero-order valence-electron chi connectivity index (χ0n) is 9.53. The molecule has 4 nitrogen and oxygen atoms in total. The Morgan fingerprint density at radius 3 is 2.62 bits per heavy atom. The van der Waals surface area contributed by atoms with Crippen LogP contribution in [0.2, 0.25) is 0 Å². The topological polar surface area (TPSA) is 69.6 Å². The van der Waals surface area contributed by atoms with Crippen molar-refractivity contribution in [3.05, 3.63) is 29.3 Å². The number of nitrogens with one attached hydrogen (secondary N) is 1. The van der Waals surface area contributed by atoms with Crippen LogP contribution in [-0.4, -0.2) is 29.3 Å². The molecule has 16 heavy (non-hydrogen) atoms. The average Bonchev–Trinajstić information content (AvgIpc) is 2.25. The number of phenols is 1. The second kappa shape index (κ2) is 5.51. The Morgan fingerprint density at radius 2 is 2.19 bits per heavy atom. The fourth-order valence-electron chi connectivity index (χ4n) is 1.58. The summed E-state index contributed by atoms with van der Waals surface area (Å²) in [4.78, 5) is 10.8. The molecule has 0 aromatic heterocycles. The highest BCUT2D eigenvalue weighted by Gasteiger charge is 2.15. The van der Waals surface area contributed by atoms with Gasteiger partial charge in [0.1, 0.15) is 11.8 Å². The van der Waals surface area contributed by atoms with Gasteiger partial charge in [-0.15, -0.1) is 0 Å². The third-order valence-electron chi connectivity index (χ3n) is 2.62. The third-order valence-corrected chi connectivity index (χ3v) is 2.62. The fraction of sp³-hybridized carbons (Fsp3) is 0.417. The van der Waals surface area contributed by atoms with E-state index in [1.807, 2.05) is 19.1 Å². The molecule has 0 aliphatic carbocycles. The zero-order chi connectivity index (χ0) is 12.1. The summed E-state index contributed by atoms with van der Waals surface area (Å²) in [6.07, 6.45) is 1.13. The minimum Gasteiger partial charge on any atom is -0.508 e. The van der Waals surface area contributed by atoms with Gasteiger partial charge in [-0.25, -0.2) is 0 Å². The van der Waals surface area contributed by atoms with E-state index in [1.165, 1.54) is 0 Å². The van der Waals surface area contributed by atoms with E-state index in [9.17, 15) is 9.90 Å². The lowest BCUT2D eigenvalue weighted by Crippen LogP contribution is -2.35. The van der Waals surface area contributed by atoms with Crippen LogP contribution in [0.25, 0.3) is 0 Å².